The number of nitrogens with one attached hydrogen (secondary N) is 1. The molecule has 2 aromatic heterocycles. The number of pyridine rings is 1. The summed E-state index contributed by atoms with van der Waals surface area (Å²) in [5.74, 6) is -0.0870. The van der Waals surface area contributed by atoms with Gasteiger partial charge in [-0.25, -0.2) is 4.98 Å². The number of rotatable bonds is 5. The van der Waals surface area contributed by atoms with E-state index in [9.17, 15) is 9.59 Å². The van der Waals surface area contributed by atoms with Crippen molar-refractivity contribution in [3.05, 3.63) is 50.3 Å². The SMILES string of the molecule is CC[C@H](NC(=O)Cn1ccc(=O)cc1)c1nc(C)c(C)s1. The number of aromatic nitrogens is 2. The fourth-order valence-corrected chi connectivity index (χ4v) is 3.00. The number of hydrogen-bond donors (Lipinski definition) is 1. The lowest BCUT2D eigenvalue weighted by atomic mass is 10.2. The second kappa shape index (κ2) is 6.67. The van der Waals surface area contributed by atoms with Crippen LogP contribution in [0.3, 0.4) is 0 Å². The minimum absolute atomic E-state index is 0.0609. The monoisotopic (exact) mass is 305 g/mol. The van der Waals surface area contributed by atoms with Gasteiger partial charge in [0.1, 0.15) is 11.6 Å². The van der Waals surface area contributed by atoms with Crippen LogP contribution in [0.1, 0.15) is 35.0 Å². The number of hydrogen-bond acceptors (Lipinski definition) is 4. The van der Waals surface area contributed by atoms with E-state index in [1.54, 1.807) is 28.3 Å². The summed E-state index contributed by atoms with van der Waals surface area (Å²) in [7, 11) is 0. The molecule has 21 heavy (non-hydrogen) atoms. The average molecular weight is 305 g/mol. The van der Waals surface area contributed by atoms with Gasteiger partial charge < -0.3 is 9.88 Å². The third-order valence-electron chi connectivity index (χ3n) is 3.27. The largest absolute Gasteiger partial charge is 0.345 e. The molecule has 5 nitrogen and oxygen atoms in total. The van der Waals surface area contributed by atoms with Gasteiger partial charge in [0.2, 0.25) is 5.91 Å². The second-order valence-corrected chi connectivity index (χ2v) is 6.16. The van der Waals surface area contributed by atoms with Crippen molar-refractivity contribution in [2.75, 3.05) is 0 Å². The van der Waals surface area contributed by atoms with Crippen LogP contribution in [-0.4, -0.2) is 15.5 Å². The van der Waals surface area contributed by atoms with Gasteiger partial charge in [-0.1, -0.05) is 6.92 Å². The average Bonchev–Trinajstić information content (AvgIpc) is 2.78. The van der Waals surface area contributed by atoms with Crippen molar-refractivity contribution in [1.29, 1.82) is 0 Å². The molecular formula is C15H19N3O2S. The molecule has 0 spiro atoms. The van der Waals surface area contributed by atoms with Crippen LogP contribution in [0.5, 0.6) is 0 Å². The molecule has 2 heterocycles. The minimum Gasteiger partial charge on any atom is -0.345 e. The molecule has 0 saturated carbocycles. The smallest absolute Gasteiger partial charge is 0.240 e. The summed E-state index contributed by atoms with van der Waals surface area (Å²) < 4.78 is 1.68. The van der Waals surface area contributed by atoms with Gasteiger partial charge in [0, 0.05) is 29.4 Å². The molecule has 0 aliphatic rings. The van der Waals surface area contributed by atoms with Crippen LogP contribution < -0.4 is 10.7 Å². The lowest BCUT2D eigenvalue weighted by molar-refractivity contribution is -0.122. The molecule has 2 aromatic rings. The topological polar surface area (TPSA) is 64.0 Å². The van der Waals surface area contributed by atoms with Gasteiger partial charge in [-0.2, -0.15) is 0 Å². The van der Waals surface area contributed by atoms with Gasteiger partial charge >= 0.3 is 0 Å². The highest BCUT2D eigenvalue weighted by Gasteiger charge is 2.17. The molecule has 0 saturated heterocycles. The van der Waals surface area contributed by atoms with Crippen LogP contribution in [0, 0.1) is 13.8 Å². The van der Waals surface area contributed by atoms with Crippen molar-refractivity contribution in [3.63, 3.8) is 0 Å². The van der Waals surface area contributed by atoms with E-state index in [1.165, 1.54) is 17.0 Å². The fraction of sp³-hybridized carbons (Fsp3) is 0.400. The summed E-state index contributed by atoms with van der Waals surface area (Å²) >= 11 is 1.62. The Morgan fingerprint density at radius 3 is 2.57 bits per heavy atom. The number of nitrogens with zero attached hydrogens (tertiary/aromatic N) is 2. The van der Waals surface area contributed by atoms with Gasteiger partial charge in [-0.3, -0.25) is 9.59 Å². The van der Waals surface area contributed by atoms with Crippen molar-refractivity contribution in [2.24, 2.45) is 0 Å². The van der Waals surface area contributed by atoms with Crippen LogP contribution in [0.25, 0.3) is 0 Å². The highest BCUT2D eigenvalue weighted by molar-refractivity contribution is 7.11. The third kappa shape index (κ3) is 4.01. The zero-order chi connectivity index (χ0) is 15.4. The maximum atomic E-state index is 12.1. The Bertz CT molecular complexity index is 650. The Kier molecular flexibility index (Phi) is 4.90. The van der Waals surface area contributed by atoms with Crippen molar-refractivity contribution in [1.82, 2.24) is 14.9 Å². The Morgan fingerprint density at radius 2 is 2.05 bits per heavy atom. The van der Waals surface area contributed by atoms with E-state index >= 15 is 0 Å². The lowest BCUT2D eigenvalue weighted by Crippen LogP contribution is -2.31. The first kappa shape index (κ1) is 15.4. The predicted octanol–water partition coefficient (Wildman–Crippen LogP) is 2.19. The van der Waals surface area contributed by atoms with Crippen LogP contribution >= 0.6 is 11.3 Å². The van der Waals surface area contributed by atoms with E-state index < -0.39 is 0 Å². The quantitative estimate of drug-likeness (QED) is 0.921. The zero-order valence-corrected chi connectivity index (χ0v) is 13.2. The van der Waals surface area contributed by atoms with Crippen molar-refractivity contribution in [3.8, 4) is 0 Å². The lowest BCUT2D eigenvalue weighted by Gasteiger charge is -2.15. The Morgan fingerprint density at radius 1 is 1.38 bits per heavy atom. The molecule has 1 amide bonds. The number of amides is 1. The normalized spacial score (nSPS) is 12.1. The third-order valence-corrected chi connectivity index (χ3v) is 4.46. The number of carbonyl (C=O) groups excluding carboxylic acids is 1. The molecule has 0 bridgehead atoms. The Labute approximate surface area is 127 Å². The maximum absolute atomic E-state index is 12.1. The molecule has 1 atom stereocenters. The first-order chi connectivity index (χ1) is 9.99. The van der Waals surface area contributed by atoms with Crippen molar-refractivity contribution < 1.29 is 4.79 Å². The molecule has 2 rings (SSSR count). The van der Waals surface area contributed by atoms with Gasteiger partial charge in [0.25, 0.3) is 0 Å². The molecule has 0 aromatic carbocycles. The van der Waals surface area contributed by atoms with Gasteiger partial charge in [-0.15, -0.1) is 11.3 Å². The molecule has 0 fully saturated rings. The summed E-state index contributed by atoms with van der Waals surface area (Å²) in [4.78, 5) is 28.8. The summed E-state index contributed by atoms with van der Waals surface area (Å²) in [5, 5.41) is 3.94. The Balaban J connectivity index is 2.02. The van der Waals surface area contributed by atoms with Gasteiger partial charge in [0.15, 0.2) is 5.43 Å². The van der Waals surface area contributed by atoms with Crippen LogP contribution in [-0.2, 0) is 11.3 Å². The number of thiazole rings is 1. The molecule has 0 radical (unpaired) electrons. The first-order valence-electron chi connectivity index (χ1n) is 6.89. The number of carbonyl (C=O) groups is 1. The maximum Gasteiger partial charge on any atom is 0.240 e. The van der Waals surface area contributed by atoms with Crippen molar-refractivity contribution >= 4 is 17.2 Å². The minimum atomic E-state index is -0.0870. The van der Waals surface area contributed by atoms with E-state index in [4.69, 9.17) is 0 Å². The standard InChI is InChI=1S/C15H19N3O2S/c1-4-13(15-16-10(2)11(3)21-15)17-14(20)9-18-7-5-12(19)6-8-18/h5-8,13H,4,9H2,1-3H3,(H,17,20)/t13-/m0/s1. The molecule has 6 heteroatoms. The highest BCUT2D eigenvalue weighted by Crippen LogP contribution is 2.24. The van der Waals surface area contributed by atoms with E-state index in [1.807, 2.05) is 20.8 Å². The summed E-state index contributed by atoms with van der Waals surface area (Å²) in [6, 6.07) is 2.82. The van der Waals surface area contributed by atoms with Gasteiger partial charge in [0.05, 0.1) is 11.7 Å². The summed E-state index contributed by atoms with van der Waals surface area (Å²) in [5.41, 5.74) is 0.954. The summed E-state index contributed by atoms with van der Waals surface area (Å²) in [6.07, 6.45) is 4.02. The molecule has 112 valence electrons. The zero-order valence-electron chi connectivity index (χ0n) is 12.4. The van der Waals surface area contributed by atoms with E-state index in [0.717, 1.165) is 17.1 Å². The van der Waals surface area contributed by atoms with Gasteiger partial charge in [-0.05, 0) is 20.3 Å². The second-order valence-electron chi connectivity index (χ2n) is 4.93. The van der Waals surface area contributed by atoms with Crippen LogP contribution in [0.2, 0.25) is 0 Å². The predicted molar refractivity (Wildman–Crippen MR) is 83.5 cm³/mol. The number of aryl methyl sites for hydroxylation is 2. The summed E-state index contributed by atoms with van der Waals surface area (Å²) in [6.45, 7) is 6.23. The first-order valence-corrected chi connectivity index (χ1v) is 7.70. The Hall–Kier alpha value is -1.95. The van der Waals surface area contributed by atoms with E-state index in [2.05, 4.69) is 10.3 Å². The molecule has 0 aliphatic carbocycles. The fourth-order valence-electron chi connectivity index (χ4n) is 1.94. The molecule has 1 N–H and O–H groups in total. The van der Waals surface area contributed by atoms with Crippen molar-refractivity contribution in [2.45, 2.75) is 39.8 Å². The molecule has 0 aliphatic heterocycles. The van der Waals surface area contributed by atoms with E-state index in [0.29, 0.717) is 0 Å². The van der Waals surface area contributed by atoms with Crippen LogP contribution in [0.15, 0.2) is 29.3 Å². The van der Waals surface area contributed by atoms with Crippen LogP contribution in [0.4, 0.5) is 0 Å². The highest BCUT2D eigenvalue weighted by atomic mass is 32.1. The van der Waals surface area contributed by atoms with E-state index in [-0.39, 0.29) is 23.9 Å². The molecular weight excluding hydrogens is 286 g/mol. The molecule has 0 unspecified atom stereocenters.